The van der Waals surface area contributed by atoms with Gasteiger partial charge in [0.2, 0.25) is 0 Å². The lowest BCUT2D eigenvalue weighted by Gasteiger charge is -2.28. The molecule has 166 valence electrons. The average Bonchev–Trinajstić information content (AvgIpc) is 2.64. The second kappa shape index (κ2) is 8.47. The van der Waals surface area contributed by atoms with Crippen molar-refractivity contribution in [2.24, 2.45) is 0 Å². The summed E-state index contributed by atoms with van der Waals surface area (Å²) < 4.78 is 22.4. The predicted octanol–water partition coefficient (Wildman–Crippen LogP) is 3.94. The van der Waals surface area contributed by atoms with Gasteiger partial charge in [-0.1, -0.05) is 6.07 Å². The summed E-state index contributed by atoms with van der Waals surface area (Å²) in [5.74, 6) is -0.976. The normalized spacial score (nSPS) is 14.2. The lowest BCUT2D eigenvalue weighted by molar-refractivity contribution is -0.149. The van der Waals surface area contributed by atoms with Gasteiger partial charge in [-0.2, -0.15) is 0 Å². The topological polar surface area (TPSA) is 112 Å². The second-order valence-electron chi connectivity index (χ2n) is 8.13. The zero-order valence-corrected chi connectivity index (χ0v) is 18.1. The van der Waals surface area contributed by atoms with Crippen LogP contribution in [0.25, 0.3) is 0 Å². The van der Waals surface area contributed by atoms with Crippen LogP contribution in [0.1, 0.15) is 60.3 Å². The van der Waals surface area contributed by atoms with E-state index in [0.29, 0.717) is 11.1 Å². The van der Waals surface area contributed by atoms with E-state index < -0.39 is 23.6 Å². The van der Waals surface area contributed by atoms with E-state index in [-0.39, 0.29) is 41.6 Å². The Labute approximate surface area is 180 Å². The molecule has 2 aromatic carbocycles. The van der Waals surface area contributed by atoms with Crippen LogP contribution in [-0.4, -0.2) is 34.9 Å². The van der Waals surface area contributed by atoms with E-state index in [1.807, 2.05) is 0 Å². The van der Waals surface area contributed by atoms with Gasteiger partial charge in [0.05, 0.1) is 12.7 Å². The minimum Gasteiger partial charge on any atom is -0.504 e. The molecule has 0 aromatic heterocycles. The molecule has 1 unspecified atom stereocenters. The number of phenolic OH excluding ortho intramolecular Hbond substituents is 1. The predicted molar refractivity (Wildman–Crippen MR) is 110 cm³/mol. The van der Waals surface area contributed by atoms with Gasteiger partial charge in [-0.3, -0.25) is 4.79 Å². The van der Waals surface area contributed by atoms with Gasteiger partial charge in [0, 0.05) is 24.5 Å². The number of cyclic esters (lactones) is 1. The molecule has 0 bridgehead atoms. The summed E-state index contributed by atoms with van der Waals surface area (Å²) in [4.78, 5) is 24.4. The third kappa shape index (κ3) is 4.91. The van der Waals surface area contributed by atoms with Gasteiger partial charge in [0.25, 0.3) is 0 Å². The number of hydrogen-bond donors (Lipinski definition) is 2. The van der Waals surface area contributed by atoms with Crippen LogP contribution in [-0.2, 0) is 20.9 Å². The van der Waals surface area contributed by atoms with E-state index in [1.165, 1.54) is 26.2 Å². The number of ether oxygens (including phenoxy) is 4. The molecule has 0 spiro atoms. The lowest BCUT2D eigenvalue weighted by atomic mass is 9.94. The highest BCUT2D eigenvalue weighted by Crippen LogP contribution is 2.47. The van der Waals surface area contributed by atoms with Crippen molar-refractivity contribution in [3.8, 4) is 23.0 Å². The molecule has 1 atom stereocenters. The number of aryl methyl sites for hydroxylation is 1. The van der Waals surface area contributed by atoms with E-state index in [4.69, 9.17) is 18.9 Å². The molecule has 1 aliphatic heterocycles. The second-order valence-corrected chi connectivity index (χ2v) is 8.13. The highest BCUT2D eigenvalue weighted by molar-refractivity contribution is 5.94. The fourth-order valence-electron chi connectivity index (χ4n) is 3.55. The molecule has 2 aromatic rings. The third-order valence-electron chi connectivity index (χ3n) is 4.76. The van der Waals surface area contributed by atoms with Crippen LogP contribution in [0.4, 0.5) is 0 Å². The maximum atomic E-state index is 12.6. The summed E-state index contributed by atoms with van der Waals surface area (Å²) >= 11 is 0. The lowest BCUT2D eigenvalue weighted by Crippen LogP contribution is -2.25. The number of phenols is 1. The van der Waals surface area contributed by atoms with Crippen molar-refractivity contribution in [3.63, 3.8) is 0 Å². The molecule has 8 nitrogen and oxygen atoms in total. The van der Waals surface area contributed by atoms with Crippen molar-refractivity contribution in [3.05, 3.63) is 46.5 Å². The van der Waals surface area contributed by atoms with Crippen molar-refractivity contribution < 1.29 is 38.7 Å². The van der Waals surface area contributed by atoms with Crippen molar-refractivity contribution >= 4 is 11.9 Å². The van der Waals surface area contributed by atoms with Crippen molar-refractivity contribution in [1.82, 2.24) is 0 Å². The zero-order chi connectivity index (χ0) is 22.9. The van der Waals surface area contributed by atoms with E-state index in [0.717, 1.165) is 5.56 Å². The molecular formula is C23H26O8. The molecule has 2 N–H and O–H groups in total. The zero-order valence-electron chi connectivity index (χ0n) is 18.1. The number of esters is 2. The SMILES string of the molecule is COc1c(C(CC(C)(C)O)OC(C)=O)ccc2c1Oc1c(O)cc(C)cc1COC2=O. The highest BCUT2D eigenvalue weighted by Gasteiger charge is 2.32. The van der Waals surface area contributed by atoms with Gasteiger partial charge in [-0.05, 0) is 44.5 Å². The molecule has 8 heteroatoms. The van der Waals surface area contributed by atoms with Crippen LogP contribution in [0, 0.1) is 6.92 Å². The highest BCUT2D eigenvalue weighted by atomic mass is 16.6. The quantitative estimate of drug-likeness (QED) is 0.686. The summed E-state index contributed by atoms with van der Waals surface area (Å²) in [6.45, 7) is 6.18. The molecule has 1 heterocycles. The fourth-order valence-corrected chi connectivity index (χ4v) is 3.55. The van der Waals surface area contributed by atoms with Crippen LogP contribution in [0.5, 0.6) is 23.0 Å². The molecular weight excluding hydrogens is 404 g/mol. The first-order chi connectivity index (χ1) is 14.5. The standard InChI is InChI=1S/C23H26O8/c1-12-8-14-11-29-22(26)16-7-6-15(18(30-13(2)24)10-23(3,4)27)20(28-5)21(16)31-19(14)17(25)9-12/h6-9,18,25,27H,10-11H2,1-5H3. The molecule has 0 saturated carbocycles. The molecule has 0 amide bonds. The third-order valence-corrected chi connectivity index (χ3v) is 4.76. The van der Waals surface area contributed by atoms with Gasteiger partial charge >= 0.3 is 11.9 Å². The van der Waals surface area contributed by atoms with Crippen LogP contribution >= 0.6 is 0 Å². The number of carbonyl (C=O) groups excluding carboxylic acids is 2. The maximum Gasteiger partial charge on any atom is 0.342 e. The number of aromatic hydroxyl groups is 1. The Morgan fingerprint density at radius 1 is 1.26 bits per heavy atom. The van der Waals surface area contributed by atoms with Crippen molar-refractivity contribution in [2.75, 3.05) is 7.11 Å². The van der Waals surface area contributed by atoms with Gasteiger partial charge in [0.1, 0.15) is 18.3 Å². The number of aliphatic hydroxyl groups is 1. The Hall–Kier alpha value is -3.26. The minimum atomic E-state index is -1.16. The maximum absolute atomic E-state index is 12.6. The molecule has 0 fully saturated rings. The number of hydrogen-bond acceptors (Lipinski definition) is 8. The number of benzene rings is 2. The smallest absolute Gasteiger partial charge is 0.342 e. The molecule has 0 radical (unpaired) electrons. The van der Waals surface area contributed by atoms with Crippen LogP contribution in [0.15, 0.2) is 24.3 Å². The molecule has 0 saturated heterocycles. The molecule has 3 rings (SSSR count). The Morgan fingerprint density at radius 3 is 2.58 bits per heavy atom. The van der Waals surface area contributed by atoms with E-state index in [1.54, 1.807) is 32.9 Å². The van der Waals surface area contributed by atoms with Gasteiger partial charge in [-0.25, -0.2) is 4.79 Å². The summed E-state index contributed by atoms with van der Waals surface area (Å²) in [5, 5.41) is 20.8. The summed E-state index contributed by atoms with van der Waals surface area (Å²) in [7, 11) is 1.39. The number of carbonyl (C=O) groups is 2. The Kier molecular flexibility index (Phi) is 6.13. The number of fused-ring (bicyclic) bond motifs is 2. The van der Waals surface area contributed by atoms with Crippen molar-refractivity contribution in [2.45, 2.75) is 52.4 Å². The molecule has 0 aliphatic carbocycles. The first kappa shape index (κ1) is 22.4. The van der Waals surface area contributed by atoms with E-state index in [9.17, 15) is 19.8 Å². The van der Waals surface area contributed by atoms with E-state index >= 15 is 0 Å². The first-order valence-corrected chi connectivity index (χ1v) is 9.78. The Balaban J connectivity index is 2.20. The van der Waals surface area contributed by atoms with Crippen LogP contribution in [0.2, 0.25) is 0 Å². The molecule has 31 heavy (non-hydrogen) atoms. The molecule has 1 aliphatic rings. The Bertz CT molecular complexity index is 1020. The van der Waals surface area contributed by atoms with Gasteiger partial charge < -0.3 is 29.2 Å². The minimum absolute atomic E-state index is 0.0259. The average molecular weight is 430 g/mol. The summed E-state index contributed by atoms with van der Waals surface area (Å²) in [5.41, 5.74) is 0.614. The van der Waals surface area contributed by atoms with Gasteiger partial charge in [-0.15, -0.1) is 0 Å². The largest absolute Gasteiger partial charge is 0.504 e. The fraction of sp³-hybridized carbons (Fsp3) is 0.391. The Morgan fingerprint density at radius 2 is 1.97 bits per heavy atom. The van der Waals surface area contributed by atoms with Crippen LogP contribution < -0.4 is 9.47 Å². The number of methoxy groups -OCH3 is 1. The summed E-state index contributed by atoms with van der Waals surface area (Å²) in [6.07, 6.45) is -0.790. The van der Waals surface area contributed by atoms with Crippen molar-refractivity contribution in [1.29, 1.82) is 0 Å². The summed E-state index contributed by atoms with van der Waals surface area (Å²) in [6, 6.07) is 6.33. The van der Waals surface area contributed by atoms with Gasteiger partial charge in [0.15, 0.2) is 23.0 Å². The van der Waals surface area contributed by atoms with E-state index in [2.05, 4.69) is 0 Å². The monoisotopic (exact) mass is 430 g/mol. The first-order valence-electron chi connectivity index (χ1n) is 9.78. The van der Waals surface area contributed by atoms with Crippen LogP contribution in [0.3, 0.4) is 0 Å². The number of rotatable bonds is 5.